The van der Waals surface area contributed by atoms with Crippen LogP contribution in [-0.4, -0.2) is 35.6 Å². The summed E-state index contributed by atoms with van der Waals surface area (Å²) < 4.78 is 5.09. The maximum absolute atomic E-state index is 11.7. The maximum Gasteiger partial charge on any atom is 0.242 e. The van der Waals surface area contributed by atoms with Gasteiger partial charge in [-0.15, -0.1) is 0 Å². The third kappa shape index (κ3) is 4.08. The molecule has 1 aliphatic rings. The SMILES string of the molecule is COC[C@@H](Nc1nc(-c2cccc(Cl)c2)nc2c1CCCC2)C(N)=O. The van der Waals surface area contributed by atoms with Crippen LogP contribution >= 0.6 is 11.6 Å². The molecule has 6 nitrogen and oxygen atoms in total. The van der Waals surface area contributed by atoms with E-state index in [1.165, 1.54) is 7.11 Å². The zero-order chi connectivity index (χ0) is 17.8. The molecule has 3 N–H and O–H groups in total. The van der Waals surface area contributed by atoms with E-state index in [2.05, 4.69) is 10.3 Å². The van der Waals surface area contributed by atoms with Crippen LogP contribution < -0.4 is 11.1 Å². The summed E-state index contributed by atoms with van der Waals surface area (Å²) in [6.07, 6.45) is 3.94. The molecule has 2 aromatic rings. The quantitative estimate of drug-likeness (QED) is 0.826. The molecule has 132 valence electrons. The molecular formula is C18H21ClN4O2. The van der Waals surface area contributed by atoms with Gasteiger partial charge in [0.2, 0.25) is 5.91 Å². The first kappa shape index (κ1) is 17.6. The Kier molecular flexibility index (Phi) is 5.50. The number of nitrogens with two attached hydrogens (primary N) is 1. The van der Waals surface area contributed by atoms with Crippen molar-refractivity contribution in [1.82, 2.24) is 9.97 Å². The van der Waals surface area contributed by atoms with E-state index in [9.17, 15) is 4.79 Å². The summed E-state index contributed by atoms with van der Waals surface area (Å²) in [7, 11) is 1.53. The zero-order valence-corrected chi connectivity index (χ0v) is 14.8. The number of methoxy groups -OCH3 is 1. The Morgan fingerprint density at radius 2 is 2.16 bits per heavy atom. The third-order valence-corrected chi connectivity index (χ3v) is 4.49. The van der Waals surface area contributed by atoms with Gasteiger partial charge in [-0.2, -0.15) is 0 Å². The first-order valence-electron chi connectivity index (χ1n) is 8.29. The first-order chi connectivity index (χ1) is 12.1. The minimum Gasteiger partial charge on any atom is -0.382 e. The monoisotopic (exact) mass is 360 g/mol. The van der Waals surface area contributed by atoms with Gasteiger partial charge in [0.25, 0.3) is 0 Å². The minimum absolute atomic E-state index is 0.181. The standard InChI is InChI=1S/C18H21ClN4O2/c1-25-10-15(16(20)24)22-18-13-7-2-3-8-14(13)21-17(23-18)11-5-4-6-12(19)9-11/h4-6,9,15H,2-3,7-8,10H2,1H3,(H2,20,24)(H,21,22,23)/t15-/m1/s1. The van der Waals surface area contributed by atoms with Crippen LogP contribution in [0.3, 0.4) is 0 Å². The molecule has 1 atom stereocenters. The molecule has 1 aromatic carbocycles. The Morgan fingerprint density at radius 1 is 1.36 bits per heavy atom. The van der Waals surface area contributed by atoms with Crippen LogP contribution in [0.5, 0.6) is 0 Å². The number of anilines is 1. The van der Waals surface area contributed by atoms with Crippen molar-refractivity contribution in [2.75, 3.05) is 19.0 Å². The molecule has 0 spiro atoms. The Balaban J connectivity index is 2.03. The predicted molar refractivity (Wildman–Crippen MR) is 97.6 cm³/mol. The highest BCUT2D eigenvalue weighted by Gasteiger charge is 2.22. The van der Waals surface area contributed by atoms with Gasteiger partial charge >= 0.3 is 0 Å². The predicted octanol–water partition coefficient (Wildman–Crippen LogP) is 2.59. The van der Waals surface area contributed by atoms with Crippen molar-refractivity contribution in [2.24, 2.45) is 5.73 Å². The van der Waals surface area contributed by atoms with Gasteiger partial charge in [0, 0.05) is 29.0 Å². The van der Waals surface area contributed by atoms with Crippen molar-refractivity contribution >= 4 is 23.3 Å². The second-order valence-corrected chi connectivity index (χ2v) is 6.53. The van der Waals surface area contributed by atoms with Gasteiger partial charge in [0.15, 0.2) is 5.82 Å². The number of hydrogen-bond donors (Lipinski definition) is 2. The van der Waals surface area contributed by atoms with Crippen LogP contribution in [0.4, 0.5) is 5.82 Å². The Morgan fingerprint density at radius 3 is 2.88 bits per heavy atom. The molecule has 0 aliphatic heterocycles. The number of primary amides is 1. The fraction of sp³-hybridized carbons (Fsp3) is 0.389. The molecule has 0 saturated carbocycles. The van der Waals surface area contributed by atoms with Crippen LogP contribution in [0.25, 0.3) is 11.4 Å². The summed E-state index contributed by atoms with van der Waals surface area (Å²) in [5, 5.41) is 3.78. The molecule has 1 heterocycles. The highest BCUT2D eigenvalue weighted by molar-refractivity contribution is 6.30. The normalized spacial score (nSPS) is 14.6. The summed E-state index contributed by atoms with van der Waals surface area (Å²) >= 11 is 6.10. The van der Waals surface area contributed by atoms with Gasteiger partial charge in [0.1, 0.15) is 11.9 Å². The molecule has 0 radical (unpaired) electrons. The molecule has 1 aromatic heterocycles. The van der Waals surface area contributed by atoms with Gasteiger partial charge in [-0.05, 0) is 37.8 Å². The van der Waals surface area contributed by atoms with Crippen LogP contribution in [0.15, 0.2) is 24.3 Å². The number of nitrogens with zero attached hydrogens (tertiary/aromatic N) is 2. The van der Waals surface area contributed by atoms with Crippen molar-refractivity contribution in [3.8, 4) is 11.4 Å². The second-order valence-electron chi connectivity index (χ2n) is 6.09. The number of carbonyl (C=O) groups excluding carboxylic acids is 1. The number of hydrogen-bond acceptors (Lipinski definition) is 5. The van der Waals surface area contributed by atoms with Crippen LogP contribution in [-0.2, 0) is 22.4 Å². The average Bonchev–Trinajstić information content (AvgIpc) is 2.61. The lowest BCUT2D eigenvalue weighted by molar-refractivity contribution is -0.119. The molecule has 0 saturated heterocycles. The number of aryl methyl sites for hydroxylation is 1. The topological polar surface area (TPSA) is 90.1 Å². The van der Waals surface area contributed by atoms with E-state index < -0.39 is 11.9 Å². The highest BCUT2D eigenvalue weighted by Crippen LogP contribution is 2.29. The maximum atomic E-state index is 11.7. The molecular weight excluding hydrogens is 340 g/mol. The highest BCUT2D eigenvalue weighted by atomic mass is 35.5. The second kappa shape index (κ2) is 7.80. The Hall–Kier alpha value is -2.18. The molecule has 1 amide bonds. The van der Waals surface area contributed by atoms with Crippen molar-refractivity contribution in [1.29, 1.82) is 0 Å². The minimum atomic E-state index is -0.641. The molecule has 3 rings (SSSR count). The lowest BCUT2D eigenvalue weighted by Gasteiger charge is -2.22. The molecule has 1 aliphatic carbocycles. The Labute approximate surface area is 151 Å². The van der Waals surface area contributed by atoms with Gasteiger partial charge in [-0.1, -0.05) is 23.7 Å². The number of rotatable bonds is 6. The van der Waals surface area contributed by atoms with Crippen molar-refractivity contribution in [2.45, 2.75) is 31.7 Å². The van der Waals surface area contributed by atoms with E-state index >= 15 is 0 Å². The fourth-order valence-electron chi connectivity index (χ4n) is 3.00. The zero-order valence-electron chi connectivity index (χ0n) is 14.1. The fourth-order valence-corrected chi connectivity index (χ4v) is 3.19. The summed E-state index contributed by atoms with van der Waals surface area (Å²) in [6, 6.07) is 6.78. The third-order valence-electron chi connectivity index (χ3n) is 4.25. The van der Waals surface area contributed by atoms with Gasteiger partial charge in [-0.25, -0.2) is 9.97 Å². The first-order valence-corrected chi connectivity index (χ1v) is 8.67. The van der Waals surface area contributed by atoms with E-state index in [1.54, 1.807) is 0 Å². The number of amides is 1. The molecule has 0 unspecified atom stereocenters. The number of nitrogens with one attached hydrogen (secondary N) is 1. The molecule has 0 fully saturated rings. The number of halogens is 1. The largest absolute Gasteiger partial charge is 0.382 e. The molecule has 7 heteroatoms. The number of fused-ring (bicyclic) bond motifs is 1. The van der Waals surface area contributed by atoms with E-state index in [0.717, 1.165) is 42.5 Å². The Bertz CT molecular complexity index is 782. The molecule has 0 bridgehead atoms. The average molecular weight is 361 g/mol. The van der Waals surface area contributed by atoms with Gasteiger partial charge in [0.05, 0.1) is 6.61 Å². The van der Waals surface area contributed by atoms with Crippen molar-refractivity contribution in [3.63, 3.8) is 0 Å². The summed E-state index contributed by atoms with van der Waals surface area (Å²) in [4.78, 5) is 21.1. The number of aromatic nitrogens is 2. The summed E-state index contributed by atoms with van der Waals surface area (Å²) in [5.41, 5.74) is 8.38. The van der Waals surface area contributed by atoms with E-state index in [4.69, 9.17) is 27.1 Å². The lowest BCUT2D eigenvalue weighted by Crippen LogP contribution is -2.39. The van der Waals surface area contributed by atoms with Crippen LogP contribution in [0, 0.1) is 0 Å². The van der Waals surface area contributed by atoms with E-state index in [0.29, 0.717) is 16.7 Å². The molecule has 25 heavy (non-hydrogen) atoms. The van der Waals surface area contributed by atoms with Crippen molar-refractivity contribution < 1.29 is 9.53 Å². The van der Waals surface area contributed by atoms with E-state index in [-0.39, 0.29) is 6.61 Å². The summed E-state index contributed by atoms with van der Waals surface area (Å²) in [5.74, 6) is 0.765. The number of benzene rings is 1. The van der Waals surface area contributed by atoms with Crippen LogP contribution in [0.2, 0.25) is 5.02 Å². The van der Waals surface area contributed by atoms with Crippen molar-refractivity contribution in [3.05, 3.63) is 40.5 Å². The smallest absolute Gasteiger partial charge is 0.242 e. The number of carbonyl (C=O) groups is 1. The van der Waals surface area contributed by atoms with Gasteiger partial charge in [-0.3, -0.25) is 4.79 Å². The van der Waals surface area contributed by atoms with Gasteiger partial charge < -0.3 is 15.8 Å². The van der Waals surface area contributed by atoms with E-state index in [1.807, 2.05) is 24.3 Å². The lowest BCUT2D eigenvalue weighted by atomic mass is 9.96. The summed E-state index contributed by atoms with van der Waals surface area (Å²) in [6.45, 7) is 0.181. The number of ether oxygens (including phenoxy) is 1. The van der Waals surface area contributed by atoms with Crippen LogP contribution in [0.1, 0.15) is 24.1 Å².